The van der Waals surface area contributed by atoms with Gasteiger partial charge in [-0.15, -0.1) is 0 Å². The molecule has 5 heteroatoms. The van der Waals surface area contributed by atoms with E-state index in [4.69, 9.17) is 15.2 Å². The van der Waals surface area contributed by atoms with E-state index in [9.17, 15) is 4.79 Å². The Hall–Kier alpha value is -1.75. The number of hydrogen-bond donors (Lipinski definition) is 2. The molecule has 5 nitrogen and oxygen atoms in total. The van der Waals surface area contributed by atoms with Crippen LogP contribution in [-0.4, -0.2) is 32.3 Å². The summed E-state index contributed by atoms with van der Waals surface area (Å²) in [7, 11) is 1.50. The molecule has 1 aromatic carbocycles. The molecule has 0 spiro atoms. The van der Waals surface area contributed by atoms with Crippen molar-refractivity contribution in [1.29, 1.82) is 0 Å². The lowest BCUT2D eigenvalue weighted by Crippen LogP contribution is -2.32. The Morgan fingerprint density at radius 2 is 2.44 bits per heavy atom. The fourth-order valence-corrected chi connectivity index (χ4v) is 2.07. The molecule has 1 fully saturated rings. The number of hydrogen-bond acceptors (Lipinski definition) is 4. The van der Waals surface area contributed by atoms with Gasteiger partial charge in [0, 0.05) is 13.2 Å². The zero-order valence-corrected chi connectivity index (χ0v) is 10.4. The standard InChI is InChI=1S/C13H18N2O3/c1-17-12-10(5-2-6-11(12)14)13(16)15-8-9-4-3-7-18-9/h2,5-6,9H,3-4,7-8,14H2,1H3,(H,15,16). The van der Waals surface area contributed by atoms with Crippen LogP contribution in [0.5, 0.6) is 5.75 Å². The van der Waals surface area contributed by atoms with Crippen LogP contribution in [0.4, 0.5) is 5.69 Å². The normalized spacial score (nSPS) is 18.6. The van der Waals surface area contributed by atoms with Crippen molar-refractivity contribution >= 4 is 11.6 Å². The smallest absolute Gasteiger partial charge is 0.255 e. The van der Waals surface area contributed by atoms with Crippen LogP contribution in [0.1, 0.15) is 23.2 Å². The van der Waals surface area contributed by atoms with E-state index in [-0.39, 0.29) is 12.0 Å². The van der Waals surface area contributed by atoms with E-state index in [0.29, 0.717) is 23.5 Å². The number of anilines is 1. The van der Waals surface area contributed by atoms with Crippen LogP contribution in [0.15, 0.2) is 18.2 Å². The Bertz CT molecular complexity index is 428. The van der Waals surface area contributed by atoms with Gasteiger partial charge in [0.2, 0.25) is 0 Å². The lowest BCUT2D eigenvalue weighted by Gasteiger charge is -2.13. The van der Waals surface area contributed by atoms with E-state index < -0.39 is 0 Å². The summed E-state index contributed by atoms with van der Waals surface area (Å²) in [5, 5.41) is 2.84. The van der Waals surface area contributed by atoms with Gasteiger partial charge in [0.25, 0.3) is 5.91 Å². The molecule has 0 bridgehead atoms. The number of nitrogen functional groups attached to an aromatic ring is 1. The van der Waals surface area contributed by atoms with Crippen molar-refractivity contribution in [3.63, 3.8) is 0 Å². The minimum absolute atomic E-state index is 0.126. The van der Waals surface area contributed by atoms with Gasteiger partial charge in [0.1, 0.15) is 0 Å². The Balaban J connectivity index is 2.01. The van der Waals surface area contributed by atoms with E-state index in [1.165, 1.54) is 7.11 Å². The van der Waals surface area contributed by atoms with Gasteiger partial charge in [-0.3, -0.25) is 4.79 Å². The molecule has 1 atom stereocenters. The highest BCUT2D eigenvalue weighted by molar-refractivity contribution is 5.98. The van der Waals surface area contributed by atoms with Crippen LogP contribution in [0, 0.1) is 0 Å². The SMILES string of the molecule is COc1c(N)cccc1C(=O)NCC1CCCO1. The summed E-state index contributed by atoms with van der Waals surface area (Å²) in [6.07, 6.45) is 2.18. The molecule has 98 valence electrons. The van der Waals surface area contributed by atoms with Crippen molar-refractivity contribution in [1.82, 2.24) is 5.32 Å². The predicted molar refractivity (Wildman–Crippen MR) is 68.7 cm³/mol. The maximum absolute atomic E-state index is 12.0. The van der Waals surface area contributed by atoms with E-state index in [1.54, 1.807) is 18.2 Å². The molecule has 1 heterocycles. The molecule has 3 N–H and O–H groups in total. The molecule has 0 radical (unpaired) electrons. The molecular weight excluding hydrogens is 232 g/mol. The van der Waals surface area contributed by atoms with E-state index in [0.717, 1.165) is 19.4 Å². The molecule has 2 rings (SSSR count). The van der Waals surface area contributed by atoms with Gasteiger partial charge in [-0.25, -0.2) is 0 Å². The quantitative estimate of drug-likeness (QED) is 0.787. The summed E-state index contributed by atoms with van der Waals surface area (Å²) in [5.41, 5.74) is 6.67. The minimum atomic E-state index is -0.186. The van der Waals surface area contributed by atoms with Crippen molar-refractivity contribution in [2.24, 2.45) is 0 Å². The Morgan fingerprint density at radius 1 is 1.61 bits per heavy atom. The van der Waals surface area contributed by atoms with Crippen LogP contribution < -0.4 is 15.8 Å². The van der Waals surface area contributed by atoms with Crippen molar-refractivity contribution in [2.75, 3.05) is 26.0 Å². The van der Waals surface area contributed by atoms with Crippen molar-refractivity contribution in [3.8, 4) is 5.75 Å². The van der Waals surface area contributed by atoms with Gasteiger partial charge in [0.05, 0.1) is 24.5 Å². The summed E-state index contributed by atoms with van der Waals surface area (Å²) in [6, 6.07) is 5.13. The highest BCUT2D eigenvalue weighted by Crippen LogP contribution is 2.25. The Labute approximate surface area is 106 Å². The molecule has 1 amide bonds. The predicted octanol–water partition coefficient (Wildman–Crippen LogP) is 1.19. The molecule has 1 saturated heterocycles. The van der Waals surface area contributed by atoms with Crippen molar-refractivity contribution in [2.45, 2.75) is 18.9 Å². The lowest BCUT2D eigenvalue weighted by atomic mass is 10.1. The van der Waals surface area contributed by atoms with Crippen molar-refractivity contribution < 1.29 is 14.3 Å². The average Bonchev–Trinajstić information content (AvgIpc) is 2.88. The third-order valence-corrected chi connectivity index (χ3v) is 3.01. The van der Waals surface area contributed by atoms with Crippen LogP contribution in [-0.2, 0) is 4.74 Å². The second-order valence-electron chi connectivity index (χ2n) is 4.27. The fourth-order valence-electron chi connectivity index (χ4n) is 2.07. The van der Waals surface area contributed by atoms with Crippen molar-refractivity contribution in [3.05, 3.63) is 23.8 Å². The van der Waals surface area contributed by atoms with Gasteiger partial charge in [-0.1, -0.05) is 6.07 Å². The number of rotatable bonds is 4. The first kappa shape index (κ1) is 12.7. The van der Waals surface area contributed by atoms with E-state index in [2.05, 4.69) is 5.32 Å². The zero-order chi connectivity index (χ0) is 13.0. The number of nitrogens with two attached hydrogens (primary N) is 1. The van der Waals surface area contributed by atoms with E-state index >= 15 is 0 Å². The first-order valence-electron chi connectivity index (χ1n) is 6.04. The second kappa shape index (κ2) is 5.73. The van der Waals surface area contributed by atoms with Crippen LogP contribution in [0.25, 0.3) is 0 Å². The van der Waals surface area contributed by atoms with Crippen LogP contribution >= 0.6 is 0 Å². The topological polar surface area (TPSA) is 73.6 Å². The molecule has 18 heavy (non-hydrogen) atoms. The number of carbonyl (C=O) groups excluding carboxylic acids is 1. The Kier molecular flexibility index (Phi) is 4.04. The highest BCUT2D eigenvalue weighted by atomic mass is 16.5. The minimum Gasteiger partial charge on any atom is -0.494 e. The molecule has 1 unspecified atom stereocenters. The first-order valence-corrected chi connectivity index (χ1v) is 6.04. The maximum Gasteiger partial charge on any atom is 0.255 e. The molecule has 1 aromatic rings. The first-order chi connectivity index (χ1) is 8.72. The van der Waals surface area contributed by atoms with Gasteiger partial charge >= 0.3 is 0 Å². The number of methoxy groups -OCH3 is 1. The second-order valence-corrected chi connectivity index (χ2v) is 4.27. The third-order valence-electron chi connectivity index (χ3n) is 3.01. The summed E-state index contributed by atoms with van der Waals surface area (Å²) >= 11 is 0. The monoisotopic (exact) mass is 250 g/mol. The van der Waals surface area contributed by atoms with Gasteiger partial charge in [-0.2, -0.15) is 0 Å². The average molecular weight is 250 g/mol. The third kappa shape index (κ3) is 2.73. The van der Waals surface area contributed by atoms with Crippen LogP contribution in [0.3, 0.4) is 0 Å². The molecular formula is C13H18N2O3. The number of benzene rings is 1. The highest BCUT2D eigenvalue weighted by Gasteiger charge is 2.18. The summed E-state index contributed by atoms with van der Waals surface area (Å²) in [6.45, 7) is 1.30. The molecule has 0 aromatic heterocycles. The largest absolute Gasteiger partial charge is 0.494 e. The zero-order valence-electron chi connectivity index (χ0n) is 10.4. The summed E-state index contributed by atoms with van der Waals surface area (Å²) < 4.78 is 10.6. The molecule has 1 aliphatic heterocycles. The van der Waals surface area contributed by atoms with Gasteiger partial charge < -0.3 is 20.5 Å². The number of amides is 1. The number of carbonyl (C=O) groups is 1. The maximum atomic E-state index is 12.0. The Morgan fingerprint density at radius 3 is 3.11 bits per heavy atom. The summed E-state index contributed by atoms with van der Waals surface area (Å²) in [4.78, 5) is 12.0. The summed E-state index contributed by atoms with van der Waals surface area (Å²) in [5.74, 6) is 0.233. The number of ether oxygens (including phenoxy) is 2. The fraction of sp³-hybridized carbons (Fsp3) is 0.462. The number of para-hydroxylation sites is 1. The number of nitrogens with one attached hydrogen (secondary N) is 1. The molecule has 0 aliphatic carbocycles. The van der Waals surface area contributed by atoms with E-state index in [1.807, 2.05) is 0 Å². The lowest BCUT2D eigenvalue weighted by molar-refractivity contribution is 0.0855. The van der Waals surface area contributed by atoms with Gasteiger partial charge in [-0.05, 0) is 25.0 Å². The van der Waals surface area contributed by atoms with Gasteiger partial charge in [0.15, 0.2) is 5.75 Å². The molecule has 0 saturated carbocycles. The molecule has 1 aliphatic rings. The van der Waals surface area contributed by atoms with Crippen LogP contribution in [0.2, 0.25) is 0 Å².